The molecule has 2 aromatic carbocycles. The maximum absolute atomic E-state index is 11.8. The van der Waals surface area contributed by atoms with Gasteiger partial charge in [0.25, 0.3) is 5.91 Å². The third-order valence-corrected chi connectivity index (χ3v) is 4.30. The molecule has 23 heavy (non-hydrogen) atoms. The molecule has 1 aliphatic heterocycles. The number of para-hydroxylation sites is 1. The first-order valence-corrected chi connectivity index (χ1v) is 8.04. The molecule has 0 bridgehead atoms. The summed E-state index contributed by atoms with van der Waals surface area (Å²) >= 11 is 6.25. The van der Waals surface area contributed by atoms with Crippen molar-refractivity contribution >= 4 is 40.3 Å². The number of carbonyl (C=O) groups is 1. The molecule has 0 saturated carbocycles. The minimum Gasteiger partial charge on any atom is -0.497 e. The highest BCUT2D eigenvalue weighted by molar-refractivity contribution is 8.26. The lowest BCUT2D eigenvalue weighted by Crippen LogP contribution is -2.17. The van der Waals surface area contributed by atoms with Crippen LogP contribution in [-0.4, -0.2) is 17.3 Å². The van der Waals surface area contributed by atoms with Crippen molar-refractivity contribution < 1.29 is 14.3 Å². The third kappa shape index (κ3) is 3.72. The van der Waals surface area contributed by atoms with Gasteiger partial charge in [0.2, 0.25) is 0 Å². The van der Waals surface area contributed by atoms with Crippen molar-refractivity contribution in [3.8, 4) is 17.2 Å². The van der Waals surface area contributed by atoms with Gasteiger partial charge in [0.1, 0.15) is 21.6 Å². The second-order valence-corrected chi connectivity index (χ2v) is 6.39. The number of benzene rings is 2. The monoisotopic (exact) mass is 343 g/mol. The fourth-order valence-corrected chi connectivity index (χ4v) is 3.06. The average molecular weight is 343 g/mol. The van der Waals surface area contributed by atoms with Gasteiger partial charge in [0, 0.05) is 5.56 Å². The van der Waals surface area contributed by atoms with Crippen molar-refractivity contribution in [3.05, 3.63) is 59.0 Å². The van der Waals surface area contributed by atoms with E-state index < -0.39 is 0 Å². The second-order valence-electron chi connectivity index (χ2n) is 4.67. The Kier molecular flexibility index (Phi) is 4.64. The number of ether oxygens (including phenoxy) is 2. The molecule has 1 saturated heterocycles. The number of carbonyl (C=O) groups excluding carboxylic acids is 1. The van der Waals surface area contributed by atoms with Gasteiger partial charge in [0.05, 0.1) is 12.0 Å². The molecule has 0 atom stereocenters. The number of methoxy groups -OCH3 is 1. The number of thioether (sulfide) groups is 1. The second kappa shape index (κ2) is 6.85. The zero-order chi connectivity index (χ0) is 16.2. The molecule has 116 valence electrons. The van der Waals surface area contributed by atoms with E-state index in [1.807, 2.05) is 48.5 Å². The van der Waals surface area contributed by atoms with Gasteiger partial charge in [0.15, 0.2) is 0 Å². The van der Waals surface area contributed by atoms with E-state index in [1.54, 1.807) is 13.2 Å². The molecule has 1 aliphatic rings. The SMILES string of the molecule is COc1ccc(Oc2ccccc2/C=C2\SC(=S)NC2=O)cc1. The summed E-state index contributed by atoms with van der Waals surface area (Å²) in [6.45, 7) is 0. The largest absolute Gasteiger partial charge is 0.497 e. The summed E-state index contributed by atoms with van der Waals surface area (Å²) in [5.41, 5.74) is 0.811. The lowest BCUT2D eigenvalue weighted by atomic mass is 10.2. The minimum atomic E-state index is -0.181. The molecule has 0 unspecified atom stereocenters. The Morgan fingerprint density at radius 1 is 1.09 bits per heavy atom. The fraction of sp³-hybridized carbons (Fsp3) is 0.0588. The van der Waals surface area contributed by atoms with E-state index in [0.29, 0.717) is 20.7 Å². The summed E-state index contributed by atoms with van der Waals surface area (Å²) in [5.74, 6) is 1.94. The topological polar surface area (TPSA) is 47.6 Å². The van der Waals surface area contributed by atoms with E-state index in [4.69, 9.17) is 21.7 Å². The van der Waals surface area contributed by atoms with Crippen LogP contribution in [0.3, 0.4) is 0 Å². The Labute approximate surface area is 143 Å². The number of thiocarbonyl (C=S) groups is 1. The first-order valence-electron chi connectivity index (χ1n) is 6.81. The van der Waals surface area contributed by atoms with Crippen LogP contribution >= 0.6 is 24.0 Å². The van der Waals surface area contributed by atoms with E-state index in [9.17, 15) is 4.79 Å². The molecule has 1 N–H and O–H groups in total. The maximum Gasteiger partial charge on any atom is 0.263 e. The van der Waals surface area contributed by atoms with E-state index >= 15 is 0 Å². The predicted octanol–water partition coefficient (Wildman–Crippen LogP) is 3.98. The molecule has 0 aromatic heterocycles. The summed E-state index contributed by atoms with van der Waals surface area (Å²) in [4.78, 5) is 12.3. The molecular formula is C17H13NO3S2. The first kappa shape index (κ1) is 15.6. The van der Waals surface area contributed by atoms with Crippen LogP contribution in [0.1, 0.15) is 5.56 Å². The van der Waals surface area contributed by atoms with Crippen LogP contribution in [0.15, 0.2) is 53.4 Å². The highest BCUT2D eigenvalue weighted by Crippen LogP contribution is 2.31. The molecular weight excluding hydrogens is 330 g/mol. The summed E-state index contributed by atoms with van der Waals surface area (Å²) in [7, 11) is 1.62. The van der Waals surface area contributed by atoms with Gasteiger partial charge in [-0.3, -0.25) is 4.79 Å². The van der Waals surface area contributed by atoms with E-state index in [2.05, 4.69) is 5.32 Å². The van der Waals surface area contributed by atoms with E-state index in [-0.39, 0.29) is 5.91 Å². The van der Waals surface area contributed by atoms with Crippen molar-refractivity contribution in [3.63, 3.8) is 0 Å². The van der Waals surface area contributed by atoms with Crippen molar-refractivity contribution in [1.29, 1.82) is 0 Å². The predicted molar refractivity (Wildman–Crippen MR) is 95.8 cm³/mol. The van der Waals surface area contributed by atoms with Gasteiger partial charge in [-0.25, -0.2) is 0 Å². The van der Waals surface area contributed by atoms with Gasteiger partial charge in [-0.1, -0.05) is 42.2 Å². The van der Waals surface area contributed by atoms with E-state index in [1.165, 1.54) is 11.8 Å². The lowest BCUT2D eigenvalue weighted by Gasteiger charge is -2.09. The Hall–Kier alpha value is -2.31. The lowest BCUT2D eigenvalue weighted by molar-refractivity contribution is -0.115. The van der Waals surface area contributed by atoms with Crippen LogP contribution in [-0.2, 0) is 4.79 Å². The van der Waals surface area contributed by atoms with Gasteiger partial charge in [-0.2, -0.15) is 0 Å². The Balaban J connectivity index is 1.87. The van der Waals surface area contributed by atoms with Crippen molar-refractivity contribution in [2.24, 2.45) is 0 Å². The number of rotatable bonds is 4. The molecule has 6 heteroatoms. The van der Waals surface area contributed by atoms with Crippen LogP contribution in [0.25, 0.3) is 6.08 Å². The molecule has 1 heterocycles. The fourth-order valence-electron chi connectivity index (χ4n) is 2.03. The van der Waals surface area contributed by atoms with Gasteiger partial charge in [-0.05, 0) is 36.4 Å². The van der Waals surface area contributed by atoms with Crippen LogP contribution < -0.4 is 14.8 Å². The first-order chi connectivity index (χ1) is 11.2. The molecule has 0 aliphatic carbocycles. The smallest absolute Gasteiger partial charge is 0.263 e. The molecule has 1 amide bonds. The van der Waals surface area contributed by atoms with Crippen LogP contribution in [0.4, 0.5) is 0 Å². The van der Waals surface area contributed by atoms with Crippen LogP contribution in [0, 0.1) is 0 Å². The standard InChI is InChI=1S/C17H13NO3S2/c1-20-12-6-8-13(9-7-12)21-14-5-3-2-4-11(14)10-15-16(19)18-17(22)23-15/h2-10H,1H3,(H,18,19,22)/b15-10-. The average Bonchev–Trinajstić information content (AvgIpc) is 2.87. The number of nitrogens with one attached hydrogen (secondary N) is 1. The Bertz CT molecular complexity index is 785. The Morgan fingerprint density at radius 3 is 2.43 bits per heavy atom. The van der Waals surface area contributed by atoms with Gasteiger partial charge in [-0.15, -0.1) is 0 Å². The van der Waals surface area contributed by atoms with Crippen molar-refractivity contribution in [2.75, 3.05) is 7.11 Å². The summed E-state index contributed by atoms with van der Waals surface area (Å²) in [6, 6.07) is 14.8. The minimum absolute atomic E-state index is 0.181. The van der Waals surface area contributed by atoms with Gasteiger partial charge >= 0.3 is 0 Å². The normalized spacial score (nSPS) is 15.6. The van der Waals surface area contributed by atoms with Gasteiger partial charge < -0.3 is 14.8 Å². The molecule has 0 spiro atoms. The zero-order valence-corrected chi connectivity index (χ0v) is 13.9. The Morgan fingerprint density at radius 2 is 1.78 bits per heavy atom. The summed E-state index contributed by atoms with van der Waals surface area (Å²) < 4.78 is 11.5. The molecule has 2 aromatic rings. The maximum atomic E-state index is 11.8. The highest BCUT2D eigenvalue weighted by Gasteiger charge is 2.22. The van der Waals surface area contributed by atoms with Crippen molar-refractivity contribution in [1.82, 2.24) is 5.32 Å². The zero-order valence-electron chi connectivity index (χ0n) is 12.2. The number of amides is 1. The van der Waals surface area contributed by atoms with E-state index in [0.717, 1.165) is 11.3 Å². The highest BCUT2D eigenvalue weighted by atomic mass is 32.2. The summed E-state index contributed by atoms with van der Waals surface area (Å²) in [5, 5.41) is 2.60. The molecule has 4 nitrogen and oxygen atoms in total. The van der Waals surface area contributed by atoms with Crippen LogP contribution in [0.2, 0.25) is 0 Å². The molecule has 0 radical (unpaired) electrons. The quantitative estimate of drug-likeness (QED) is 0.672. The molecule has 3 rings (SSSR count). The molecule has 1 fully saturated rings. The van der Waals surface area contributed by atoms with Crippen LogP contribution in [0.5, 0.6) is 17.2 Å². The number of hydrogen-bond donors (Lipinski definition) is 1. The van der Waals surface area contributed by atoms with Crippen molar-refractivity contribution in [2.45, 2.75) is 0 Å². The third-order valence-electron chi connectivity index (χ3n) is 3.13. The number of hydrogen-bond acceptors (Lipinski definition) is 5. The summed E-state index contributed by atoms with van der Waals surface area (Å²) in [6.07, 6.45) is 1.78.